The highest BCUT2D eigenvalue weighted by Crippen LogP contribution is 2.21. The number of carboxylic acid groups (broad SMARTS) is 1. The topological polar surface area (TPSA) is 92.9 Å². The summed E-state index contributed by atoms with van der Waals surface area (Å²) in [5, 5.41) is 9.09. The lowest BCUT2D eigenvalue weighted by Gasteiger charge is -2.29. The van der Waals surface area contributed by atoms with Gasteiger partial charge in [-0.1, -0.05) is 0 Å². The third kappa shape index (κ3) is 3.68. The first-order valence-corrected chi connectivity index (χ1v) is 6.33. The van der Waals surface area contributed by atoms with Gasteiger partial charge < -0.3 is 20.5 Å². The number of aliphatic carboxylic acids is 1. The Balaban J connectivity index is 2.64. The van der Waals surface area contributed by atoms with E-state index in [0.717, 1.165) is 0 Å². The Hall–Kier alpha value is -1.14. The summed E-state index contributed by atoms with van der Waals surface area (Å²) < 4.78 is 5.19. The molecule has 3 N–H and O–H groups in total. The number of hydrogen-bond acceptors (Lipinski definition) is 4. The van der Waals surface area contributed by atoms with Crippen molar-refractivity contribution in [3.63, 3.8) is 0 Å². The molecule has 0 saturated carbocycles. The van der Waals surface area contributed by atoms with Crippen molar-refractivity contribution in [2.75, 3.05) is 19.8 Å². The summed E-state index contributed by atoms with van der Waals surface area (Å²) in [6.07, 6.45) is 0.967. The number of nitrogens with two attached hydrogens (primary N) is 1. The third-order valence-corrected chi connectivity index (χ3v) is 3.24. The van der Waals surface area contributed by atoms with Crippen molar-refractivity contribution in [1.82, 2.24) is 4.90 Å². The van der Waals surface area contributed by atoms with E-state index in [0.29, 0.717) is 26.0 Å². The quantitative estimate of drug-likeness (QED) is 0.703. The lowest BCUT2D eigenvalue weighted by molar-refractivity contribution is -0.145. The van der Waals surface area contributed by atoms with Crippen LogP contribution in [0.2, 0.25) is 0 Å². The van der Waals surface area contributed by atoms with Crippen LogP contribution in [-0.2, 0) is 14.3 Å². The number of nitrogens with zero attached hydrogens (tertiary/aromatic N) is 1. The molecule has 0 aromatic carbocycles. The highest BCUT2D eigenvalue weighted by Gasteiger charge is 2.39. The standard InChI is InChI=1S/C12H22N2O4/c1-3-14(11(15)5-4-8(2)13)10-7-18-6-9(10)12(16)17/h8-10H,3-7,13H2,1-2H3,(H,16,17). The van der Waals surface area contributed by atoms with E-state index in [1.165, 1.54) is 0 Å². The molecule has 3 unspecified atom stereocenters. The van der Waals surface area contributed by atoms with Crippen LogP contribution in [0.4, 0.5) is 0 Å². The fourth-order valence-electron chi connectivity index (χ4n) is 2.18. The molecule has 3 atom stereocenters. The maximum atomic E-state index is 12.1. The van der Waals surface area contributed by atoms with Crippen LogP contribution >= 0.6 is 0 Å². The second-order valence-electron chi connectivity index (χ2n) is 4.75. The molecule has 0 aromatic rings. The number of ether oxygens (including phenoxy) is 1. The van der Waals surface area contributed by atoms with Gasteiger partial charge in [-0.05, 0) is 20.3 Å². The molecule has 6 heteroatoms. The zero-order chi connectivity index (χ0) is 13.7. The van der Waals surface area contributed by atoms with Gasteiger partial charge in [0.1, 0.15) is 5.92 Å². The molecule has 1 rings (SSSR count). The van der Waals surface area contributed by atoms with Gasteiger partial charge in [-0.2, -0.15) is 0 Å². The van der Waals surface area contributed by atoms with Crippen LogP contribution in [0.5, 0.6) is 0 Å². The Morgan fingerprint density at radius 1 is 1.50 bits per heavy atom. The van der Waals surface area contributed by atoms with Gasteiger partial charge in [-0.3, -0.25) is 9.59 Å². The van der Waals surface area contributed by atoms with Crippen LogP contribution < -0.4 is 5.73 Å². The van der Waals surface area contributed by atoms with Crippen molar-refractivity contribution < 1.29 is 19.4 Å². The predicted molar refractivity (Wildman–Crippen MR) is 66.0 cm³/mol. The second-order valence-corrected chi connectivity index (χ2v) is 4.75. The molecule has 0 aromatic heterocycles. The number of carbonyl (C=O) groups is 2. The Kier molecular flexibility index (Phi) is 5.55. The summed E-state index contributed by atoms with van der Waals surface area (Å²) in [5.41, 5.74) is 5.62. The molecule has 1 fully saturated rings. The molecule has 1 heterocycles. The molecule has 1 saturated heterocycles. The number of likely N-dealkylation sites (N-methyl/N-ethyl adjacent to an activating group) is 1. The molecule has 18 heavy (non-hydrogen) atoms. The number of hydrogen-bond donors (Lipinski definition) is 2. The Morgan fingerprint density at radius 2 is 2.17 bits per heavy atom. The number of carboxylic acids is 1. The first-order valence-electron chi connectivity index (χ1n) is 6.33. The van der Waals surface area contributed by atoms with E-state index in [-0.39, 0.29) is 24.6 Å². The summed E-state index contributed by atoms with van der Waals surface area (Å²) in [6.45, 7) is 4.67. The van der Waals surface area contributed by atoms with Crippen LogP contribution in [-0.4, -0.2) is 53.7 Å². The SMILES string of the molecule is CCN(C(=O)CCC(C)N)C1COCC1C(=O)O. The number of carbonyl (C=O) groups excluding carboxylic acids is 1. The minimum Gasteiger partial charge on any atom is -0.481 e. The molecule has 0 bridgehead atoms. The Morgan fingerprint density at radius 3 is 2.67 bits per heavy atom. The predicted octanol–water partition coefficient (Wildman–Crippen LogP) is 0.0619. The van der Waals surface area contributed by atoms with Crippen molar-refractivity contribution in [2.45, 2.75) is 38.8 Å². The molecular weight excluding hydrogens is 236 g/mol. The van der Waals surface area contributed by atoms with Gasteiger partial charge in [0.2, 0.25) is 5.91 Å². The van der Waals surface area contributed by atoms with E-state index in [1.807, 2.05) is 13.8 Å². The van der Waals surface area contributed by atoms with Crippen LogP contribution in [0, 0.1) is 5.92 Å². The van der Waals surface area contributed by atoms with E-state index in [2.05, 4.69) is 0 Å². The molecule has 0 radical (unpaired) electrons. The lowest BCUT2D eigenvalue weighted by Crippen LogP contribution is -2.46. The molecule has 1 amide bonds. The van der Waals surface area contributed by atoms with Crippen molar-refractivity contribution in [1.29, 1.82) is 0 Å². The molecule has 0 aliphatic carbocycles. The van der Waals surface area contributed by atoms with Gasteiger partial charge in [0.25, 0.3) is 0 Å². The van der Waals surface area contributed by atoms with Crippen LogP contribution in [0.15, 0.2) is 0 Å². The summed E-state index contributed by atoms with van der Waals surface area (Å²) in [6, 6.07) is -0.379. The van der Waals surface area contributed by atoms with Gasteiger partial charge in [0.15, 0.2) is 0 Å². The van der Waals surface area contributed by atoms with Crippen LogP contribution in [0.3, 0.4) is 0 Å². The largest absolute Gasteiger partial charge is 0.481 e. The van der Waals surface area contributed by atoms with Gasteiger partial charge >= 0.3 is 5.97 Å². The molecular formula is C12H22N2O4. The maximum Gasteiger partial charge on any atom is 0.311 e. The number of rotatable bonds is 6. The summed E-state index contributed by atoms with van der Waals surface area (Å²) in [7, 11) is 0. The average molecular weight is 258 g/mol. The summed E-state index contributed by atoms with van der Waals surface area (Å²) in [4.78, 5) is 24.7. The van der Waals surface area contributed by atoms with Crippen LogP contribution in [0.25, 0.3) is 0 Å². The van der Waals surface area contributed by atoms with E-state index < -0.39 is 11.9 Å². The third-order valence-electron chi connectivity index (χ3n) is 3.24. The zero-order valence-electron chi connectivity index (χ0n) is 11.0. The highest BCUT2D eigenvalue weighted by atomic mass is 16.5. The Labute approximate surface area is 107 Å². The highest BCUT2D eigenvalue weighted by molar-refractivity contribution is 5.78. The van der Waals surface area contributed by atoms with E-state index in [4.69, 9.17) is 15.6 Å². The average Bonchev–Trinajstić information content (AvgIpc) is 2.76. The zero-order valence-corrected chi connectivity index (χ0v) is 11.0. The number of amides is 1. The first-order chi connectivity index (χ1) is 8.47. The maximum absolute atomic E-state index is 12.1. The van der Waals surface area contributed by atoms with Crippen LogP contribution in [0.1, 0.15) is 26.7 Å². The van der Waals surface area contributed by atoms with Crippen molar-refractivity contribution in [3.05, 3.63) is 0 Å². The van der Waals surface area contributed by atoms with Crippen molar-refractivity contribution in [3.8, 4) is 0 Å². The normalized spacial score (nSPS) is 24.8. The minimum atomic E-state index is -0.907. The fourth-order valence-corrected chi connectivity index (χ4v) is 2.18. The van der Waals surface area contributed by atoms with E-state index in [9.17, 15) is 9.59 Å². The van der Waals surface area contributed by atoms with Gasteiger partial charge in [0, 0.05) is 19.0 Å². The van der Waals surface area contributed by atoms with Crippen molar-refractivity contribution in [2.24, 2.45) is 11.7 Å². The van der Waals surface area contributed by atoms with Gasteiger partial charge in [0.05, 0.1) is 19.3 Å². The van der Waals surface area contributed by atoms with Gasteiger partial charge in [-0.15, -0.1) is 0 Å². The molecule has 1 aliphatic rings. The molecule has 1 aliphatic heterocycles. The first kappa shape index (κ1) is 14.9. The fraction of sp³-hybridized carbons (Fsp3) is 0.833. The molecule has 104 valence electrons. The summed E-state index contributed by atoms with van der Waals surface area (Å²) >= 11 is 0. The minimum absolute atomic E-state index is 0.0252. The van der Waals surface area contributed by atoms with E-state index >= 15 is 0 Å². The van der Waals surface area contributed by atoms with Crippen molar-refractivity contribution >= 4 is 11.9 Å². The smallest absolute Gasteiger partial charge is 0.311 e. The summed E-state index contributed by atoms with van der Waals surface area (Å²) in [5.74, 6) is -1.57. The second kappa shape index (κ2) is 6.70. The molecule has 6 nitrogen and oxygen atoms in total. The Bertz CT molecular complexity index is 306. The van der Waals surface area contributed by atoms with Gasteiger partial charge in [-0.25, -0.2) is 0 Å². The monoisotopic (exact) mass is 258 g/mol. The lowest BCUT2D eigenvalue weighted by atomic mass is 10.0. The molecule has 0 spiro atoms. The van der Waals surface area contributed by atoms with E-state index in [1.54, 1.807) is 4.90 Å².